The lowest BCUT2D eigenvalue weighted by atomic mass is 10.0. The normalized spacial score (nSPS) is 12.5. The van der Waals surface area contributed by atoms with Crippen molar-refractivity contribution in [2.45, 2.75) is 443 Å². The maximum Gasteiger partial charge on any atom is 0.305 e. The van der Waals surface area contributed by atoms with E-state index < -0.39 is 12.1 Å². The molecule has 0 aliphatic carbocycles. The highest BCUT2D eigenvalue weighted by Crippen LogP contribution is 2.20. The molecule has 0 saturated heterocycles. The molecule has 0 rings (SSSR count). The smallest absolute Gasteiger partial charge is 0.305 e. The maximum atomic E-state index is 12.5. The number of unbranched alkanes of at least 4 members (excludes halogenated alkanes) is 60. The summed E-state index contributed by atoms with van der Waals surface area (Å²) >= 11 is 0. The van der Waals surface area contributed by atoms with Crippen molar-refractivity contribution in [3.8, 4) is 0 Å². The van der Waals surface area contributed by atoms with Crippen LogP contribution in [0, 0.1) is 0 Å². The zero-order valence-electron chi connectivity index (χ0n) is 55.3. The largest absolute Gasteiger partial charge is 0.466 e. The van der Waals surface area contributed by atoms with E-state index in [0.717, 1.165) is 38.5 Å². The third-order valence-corrected chi connectivity index (χ3v) is 17.8. The molecule has 2 atom stereocenters. The van der Waals surface area contributed by atoms with Crippen LogP contribution in [0.15, 0.2) is 12.2 Å². The molecule has 0 spiro atoms. The summed E-state index contributed by atoms with van der Waals surface area (Å²) in [5, 5.41) is 23.3. The van der Waals surface area contributed by atoms with Crippen molar-refractivity contribution in [3.05, 3.63) is 12.2 Å². The number of hydrogen-bond donors (Lipinski definition) is 3. The van der Waals surface area contributed by atoms with Gasteiger partial charge in [-0.1, -0.05) is 398 Å². The Morgan fingerprint density at radius 1 is 0.333 bits per heavy atom. The van der Waals surface area contributed by atoms with Gasteiger partial charge in [0.15, 0.2) is 0 Å². The number of rotatable bonds is 71. The van der Waals surface area contributed by atoms with Gasteiger partial charge in [-0.25, -0.2) is 0 Å². The number of aliphatic hydroxyl groups is 2. The first-order valence-electron chi connectivity index (χ1n) is 37.5. The van der Waals surface area contributed by atoms with Crippen molar-refractivity contribution in [3.63, 3.8) is 0 Å². The minimum atomic E-state index is -0.843. The van der Waals surface area contributed by atoms with E-state index in [4.69, 9.17) is 4.74 Å². The Bertz CT molecular complexity index is 1220. The number of hydrogen-bond acceptors (Lipinski definition) is 5. The second kappa shape index (κ2) is 71.1. The minimum absolute atomic E-state index is 0.0212. The van der Waals surface area contributed by atoms with E-state index in [9.17, 15) is 19.8 Å². The minimum Gasteiger partial charge on any atom is -0.466 e. The SMILES string of the molecule is CCCCCCCCCCCCCCCCCCCCCCC/C=C/C(O)C(CO)NC(=O)CCCCCCCCCCCCCCCCCCCCCCCCCCCCCOC(=O)CCCCCCCCCCCCCCCC. The van der Waals surface area contributed by atoms with Gasteiger partial charge < -0.3 is 20.3 Å². The molecule has 0 bridgehead atoms. The molecule has 0 fully saturated rings. The molecule has 81 heavy (non-hydrogen) atoms. The molecule has 6 nitrogen and oxygen atoms in total. The van der Waals surface area contributed by atoms with Crippen LogP contribution in [0.2, 0.25) is 0 Å². The Labute approximate surface area is 508 Å². The predicted octanol–water partition coefficient (Wildman–Crippen LogP) is 24.3. The molecule has 482 valence electrons. The van der Waals surface area contributed by atoms with Gasteiger partial charge in [-0.15, -0.1) is 0 Å². The topological polar surface area (TPSA) is 95.9 Å². The van der Waals surface area contributed by atoms with Gasteiger partial charge in [-0.05, 0) is 32.1 Å². The first-order valence-corrected chi connectivity index (χ1v) is 37.5. The predicted molar refractivity (Wildman–Crippen MR) is 357 cm³/mol. The molecule has 2 unspecified atom stereocenters. The van der Waals surface area contributed by atoms with Crippen molar-refractivity contribution >= 4 is 11.9 Å². The van der Waals surface area contributed by atoms with Crippen molar-refractivity contribution in [2.75, 3.05) is 13.2 Å². The van der Waals surface area contributed by atoms with Crippen LogP contribution in [0.1, 0.15) is 431 Å². The zero-order valence-corrected chi connectivity index (χ0v) is 55.3. The molecule has 0 heterocycles. The highest BCUT2D eigenvalue weighted by molar-refractivity contribution is 5.76. The Hall–Kier alpha value is -1.40. The van der Waals surface area contributed by atoms with Crippen LogP contribution in [-0.4, -0.2) is 47.4 Å². The second-order valence-electron chi connectivity index (χ2n) is 26.0. The monoisotopic (exact) mass is 1140 g/mol. The van der Waals surface area contributed by atoms with Crippen LogP contribution in [0.5, 0.6) is 0 Å². The third kappa shape index (κ3) is 67.6. The number of ether oxygens (including phenoxy) is 1. The maximum absolute atomic E-state index is 12.5. The van der Waals surface area contributed by atoms with Crippen molar-refractivity contribution in [1.29, 1.82) is 0 Å². The summed E-state index contributed by atoms with van der Waals surface area (Å²) in [7, 11) is 0. The number of nitrogens with one attached hydrogen (secondary N) is 1. The second-order valence-corrected chi connectivity index (χ2v) is 26.0. The van der Waals surface area contributed by atoms with Crippen LogP contribution in [0.3, 0.4) is 0 Å². The lowest BCUT2D eigenvalue weighted by Gasteiger charge is -2.20. The van der Waals surface area contributed by atoms with Gasteiger partial charge in [0.2, 0.25) is 5.91 Å². The van der Waals surface area contributed by atoms with E-state index in [1.165, 1.54) is 366 Å². The summed E-state index contributed by atoms with van der Waals surface area (Å²) < 4.78 is 5.50. The number of allylic oxidation sites excluding steroid dienone is 1. The Morgan fingerprint density at radius 3 is 0.840 bits per heavy atom. The fourth-order valence-corrected chi connectivity index (χ4v) is 12.1. The van der Waals surface area contributed by atoms with Crippen LogP contribution >= 0.6 is 0 Å². The Morgan fingerprint density at radius 2 is 0.568 bits per heavy atom. The first kappa shape index (κ1) is 79.6. The van der Waals surface area contributed by atoms with E-state index in [-0.39, 0.29) is 18.5 Å². The number of amides is 1. The summed E-state index contributed by atoms with van der Waals surface area (Å²) in [5.41, 5.74) is 0. The molecule has 0 aliphatic rings. The fourth-order valence-electron chi connectivity index (χ4n) is 12.1. The summed E-state index contributed by atoms with van der Waals surface area (Å²) in [4.78, 5) is 24.6. The molecule has 0 aromatic carbocycles. The highest BCUT2D eigenvalue weighted by Gasteiger charge is 2.18. The van der Waals surface area contributed by atoms with Crippen molar-refractivity contribution < 1.29 is 24.5 Å². The van der Waals surface area contributed by atoms with Crippen LogP contribution in [0.25, 0.3) is 0 Å². The average Bonchev–Trinajstić information content (AvgIpc) is 3.47. The Balaban J connectivity index is 3.37. The van der Waals surface area contributed by atoms with Gasteiger partial charge in [0.1, 0.15) is 0 Å². The first-order chi connectivity index (χ1) is 40.0. The van der Waals surface area contributed by atoms with Gasteiger partial charge in [0, 0.05) is 12.8 Å². The number of carbonyl (C=O) groups is 2. The molecule has 0 aromatic rings. The van der Waals surface area contributed by atoms with Gasteiger partial charge in [0.25, 0.3) is 0 Å². The third-order valence-electron chi connectivity index (χ3n) is 17.8. The van der Waals surface area contributed by atoms with Gasteiger partial charge in [-0.3, -0.25) is 9.59 Å². The number of esters is 1. The van der Waals surface area contributed by atoms with Crippen LogP contribution in [-0.2, 0) is 14.3 Å². The van der Waals surface area contributed by atoms with E-state index >= 15 is 0 Å². The zero-order chi connectivity index (χ0) is 58.5. The number of aliphatic hydroxyl groups excluding tert-OH is 2. The van der Waals surface area contributed by atoms with Gasteiger partial charge in [0.05, 0.1) is 25.4 Å². The van der Waals surface area contributed by atoms with Crippen molar-refractivity contribution in [2.24, 2.45) is 0 Å². The van der Waals surface area contributed by atoms with Gasteiger partial charge in [-0.2, -0.15) is 0 Å². The molecular weight excluding hydrogens is 995 g/mol. The van der Waals surface area contributed by atoms with Crippen LogP contribution in [0.4, 0.5) is 0 Å². The van der Waals surface area contributed by atoms with E-state index in [0.29, 0.717) is 19.4 Å². The lowest BCUT2D eigenvalue weighted by Crippen LogP contribution is -2.45. The summed E-state index contributed by atoms with van der Waals surface area (Å²) in [6, 6.07) is -0.626. The van der Waals surface area contributed by atoms with E-state index in [1.807, 2.05) is 6.08 Å². The molecule has 0 saturated carbocycles. The summed E-state index contributed by atoms with van der Waals surface area (Å²) in [6.07, 6.45) is 88.8. The van der Waals surface area contributed by atoms with Crippen LogP contribution < -0.4 is 5.32 Å². The number of carbonyl (C=O) groups excluding carboxylic acids is 2. The molecule has 0 aliphatic heterocycles. The fraction of sp³-hybridized carbons (Fsp3) is 0.947. The van der Waals surface area contributed by atoms with Gasteiger partial charge >= 0.3 is 5.97 Å². The average molecular weight is 1140 g/mol. The van der Waals surface area contributed by atoms with E-state index in [1.54, 1.807) is 6.08 Å². The molecular formula is C75H147NO5. The Kier molecular flexibility index (Phi) is 69.9. The standard InChI is InChI=1S/C75H147NO5/c1-3-5-7-9-11-13-15-17-19-20-21-22-28-31-34-37-40-43-47-51-55-59-63-67-73(78)72(71-77)76-74(79)68-64-60-56-52-48-44-41-38-35-32-29-26-24-23-25-27-30-33-36-39-42-46-50-54-58-62-66-70-81-75(80)69-65-61-57-53-49-45-18-16-14-12-10-8-6-4-2/h63,67,72-73,77-78H,3-62,64-66,68-71H2,1-2H3,(H,76,79)/b67-63+. The molecule has 6 heteroatoms. The molecule has 0 radical (unpaired) electrons. The lowest BCUT2D eigenvalue weighted by molar-refractivity contribution is -0.143. The van der Waals surface area contributed by atoms with Crippen molar-refractivity contribution in [1.82, 2.24) is 5.32 Å². The van der Waals surface area contributed by atoms with E-state index in [2.05, 4.69) is 19.2 Å². The molecule has 1 amide bonds. The quantitative estimate of drug-likeness (QED) is 0.0320. The molecule has 0 aromatic heterocycles. The highest BCUT2D eigenvalue weighted by atomic mass is 16.5. The molecule has 3 N–H and O–H groups in total. The summed E-state index contributed by atoms with van der Waals surface area (Å²) in [6.45, 7) is 4.96. The summed E-state index contributed by atoms with van der Waals surface area (Å²) in [5.74, 6) is -0.0388.